The van der Waals surface area contributed by atoms with Crippen molar-refractivity contribution >= 4 is 13.7 Å². The summed E-state index contributed by atoms with van der Waals surface area (Å²) in [4.78, 5) is 25.4. The monoisotopic (exact) mass is 877 g/mol. The number of phosphoric ester groups is 1. The van der Waals surface area contributed by atoms with Gasteiger partial charge in [-0.25, -0.2) is 0 Å². The van der Waals surface area contributed by atoms with Gasteiger partial charge in [-0.05, 0) is 77.0 Å². The molecule has 0 aromatic carbocycles. The summed E-state index contributed by atoms with van der Waals surface area (Å²) in [5, 5.41) is 13.8. The van der Waals surface area contributed by atoms with E-state index in [1.165, 1.54) is 122 Å². The van der Waals surface area contributed by atoms with Gasteiger partial charge in [0.1, 0.15) is 13.2 Å². The van der Waals surface area contributed by atoms with Gasteiger partial charge in [0.2, 0.25) is 5.91 Å². The molecule has 61 heavy (non-hydrogen) atoms. The predicted octanol–water partition coefficient (Wildman–Crippen LogP) is 14.0. The summed E-state index contributed by atoms with van der Waals surface area (Å²) >= 11 is 0. The van der Waals surface area contributed by atoms with Gasteiger partial charge in [0.15, 0.2) is 0 Å². The Bertz CT molecular complexity index is 1180. The average Bonchev–Trinajstić information content (AvgIpc) is 3.21. The van der Waals surface area contributed by atoms with Crippen LogP contribution in [-0.4, -0.2) is 68.5 Å². The number of hydrogen-bond donors (Lipinski definition) is 2. The lowest BCUT2D eigenvalue weighted by Crippen LogP contribution is -2.45. The number of nitrogens with one attached hydrogen (secondary N) is 1. The molecule has 0 aliphatic heterocycles. The highest BCUT2D eigenvalue weighted by atomic mass is 31.2. The van der Waals surface area contributed by atoms with Crippen LogP contribution >= 0.6 is 7.82 Å². The fraction of sp³-hybridized carbons (Fsp3) is 0.788. The molecule has 0 radical (unpaired) electrons. The van der Waals surface area contributed by atoms with Gasteiger partial charge in [-0.1, -0.05) is 190 Å². The number of allylic oxidation sites excluding steroid dienone is 9. The summed E-state index contributed by atoms with van der Waals surface area (Å²) in [6, 6.07) is -0.919. The van der Waals surface area contributed by atoms with Gasteiger partial charge in [-0.3, -0.25) is 9.36 Å². The predicted molar refractivity (Wildman–Crippen MR) is 261 cm³/mol. The van der Waals surface area contributed by atoms with E-state index in [0.717, 1.165) is 70.6 Å². The second-order valence-corrected chi connectivity index (χ2v) is 19.6. The summed E-state index contributed by atoms with van der Waals surface area (Å²) in [6.45, 7) is 4.59. The Morgan fingerprint density at radius 2 is 0.967 bits per heavy atom. The topological polar surface area (TPSA) is 108 Å². The van der Waals surface area contributed by atoms with Gasteiger partial charge in [0.25, 0.3) is 7.82 Å². The normalized spacial score (nSPS) is 14.7. The van der Waals surface area contributed by atoms with Crippen molar-refractivity contribution in [2.24, 2.45) is 0 Å². The van der Waals surface area contributed by atoms with Crippen molar-refractivity contribution in [3.8, 4) is 0 Å². The standard InChI is InChI=1S/C52H97N2O6P/c1-6-8-10-12-14-16-18-20-22-24-25-26-27-28-29-30-31-33-35-37-39-41-43-45-51(55)50(49-60-61(57,58)59-48-47-54(3,4)5)53-52(56)46-44-42-40-38-36-34-32-23-21-19-17-15-13-11-9-7-2/h17,19,23,29-30,32,35,37,43,45,50-51,55H,6-16,18,20-22,24-28,31,33-34,36,38-42,44,46-49H2,1-5H3,(H-,53,56,57,58)/b19-17-,30-29+,32-23-,37-35+,45-43+. The van der Waals surface area contributed by atoms with Crippen molar-refractivity contribution < 1.29 is 32.9 Å². The zero-order chi connectivity index (χ0) is 45.0. The first kappa shape index (κ1) is 59.2. The third-order valence-electron chi connectivity index (χ3n) is 10.9. The Morgan fingerprint density at radius 1 is 0.574 bits per heavy atom. The van der Waals surface area contributed by atoms with Gasteiger partial charge in [0.05, 0.1) is 39.9 Å². The van der Waals surface area contributed by atoms with E-state index >= 15 is 0 Å². The van der Waals surface area contributed by atoms with Crippen LogP contribution in [0.25, 0.3) is 0 Å². The fourth-order valence-electron chi connectivity index (χ4n) is 6.92. The lowest BCUT2D eigenvalue weighted by atomic mass is 10.0. The van der Waals surface area contributed by atoms with E-state index in [0.29, 0.717) is 17.4 Å². The molecule has 9 heteroatoms. The maximum absolute atomic E-state index is 12.9. The van der Waals surface area contributed by atoms with Gasteiger partial charge in [-0.2, -0.15) is 0 Å². The maximum atomic E-state index is 12.9. The van der Waals surface area contributed by atoms with Crippen LogP contribution in [0, 0.1) is 0 Å². The average molecular weight is 877 g/mol. The smallest absolute Gasteiger partial charge is 0.268 e. The third kappa shape index (κ3) is 46.0. The number of hydrogen-bond acceptors (Lipinski definition) is 6. The Labute approximate surface area is 377 Å². The summed E-state index contributed by atoms with van der Waals surface area (Å²) in [7, 11) is 1.22. The molecule has 0 saturated heterocycles. The molecular formula is C52H97N2O6P. The number of unbranched alkanes of at least 4 members (excludes halogenated alkanes) is 24. The van der Waals surface area contributed by atoms with Gasteiger partial charge < -0.3 is 28.8 Å². The van der Waals surface area contributed by atoms with Crippen LogP contribution in [0.3, 0.4) is 0 Å². The van der Waals surface area contributed by atoms with Crippen LogP contribution in [0.5, 0.6) is 0 Å². The lowest BCUT2D eigenvalue weighted by molar-refractivity contribution is -0.870. The van der Waals surface area contributed by atoms with E-state index in [1.54, 1.807) is 6.08 Å². The van der Waals surface area contributed by atoms with Crippen LogP contribution in [-0.2, 0) is 18.4 Å². The molecule has 356 valence electrons. The van der Waals surface area contributed by atoms with Crippen LogP contribution < -0.4 is 10.2 Å². The molecule has 0 heterocycles. The number of phosphoric acid groups is 1. The van der Waals surface area contributed by atoms with E-state index < -0.39 is 26.6 Å². The van der Waals surface area contributed by atoms with E-state index in [2.05, 4.69) is 67.8 Å². The van der Waals surface area contributed by atoms with Crippen LogP contribution in [0.1, 0.15) is 213 Å². The molecule has 0 aromatic heterocycles. The first-order valence-corrected chi connectivity index (χ1v) is 26.6. The molecule has 0 aromatic rings. The number of carbonyl (C=O) groups excluding carboxylic acids is 1. The maximum Gasteiger partial charge on any atom is 0.268 e. The molecule has 3 atom stereocenters. The molecule has 0 bridgehead atoms. The second-order valence-electron chi connectivity index (χ2n) is 18.1. The first-order chi connectivity index (χ1) is 29.5. The Hall–Kier alpha value is -1.80. The zero-order valence-electron chi connectivity index (χ0n) is 40.4. The van der Waals surface area contributed by atoms with E-state index in [4.69, 9.17) is 9.05 Å². The van der Waals surface area contributed by atoms with Crippen LogP contribution in [0.4, 0.5) is 0 Å². The molecule has 0 rings (SSSR count). The van der Waals surface area contributed by atoms with Crippen molar-refractivity contribution in [2.75, 3.05) is 40.9 Å². The Balaban J connectivity index is 4.43. The molecule has 3 unspecified atom stereocenters. The van der Waals surface area contributed by atoms with Crippen LogP contribution in [0.2, 0.25) is 0 Å². The van der Waals surface area contributed by atoms with Gasteiger partial charge in [-0.15, -0.1) is 0 Å². The largest absolute Gasteiger partial charge is 0.756 e. The molecule has 8 nitrogen and oxygen atoms in total. The number of quaternary nitrogens is 1. The number of amides is 1. The minimum Gasteiger partial charge on any atom is -0.756 e. The number of aliphatic hydroxyl groups excluding tert-OH is 1. The Morgan fingerprint density at radius 3 is 1.44 bits per heavy atom. The minimum atomic E-state index is -4.61. The molecule has 1 amide bonds. The highest BCUT2D eigenvalue weighted by molar-refractivity contribution is 7.45. The van der Waals surface area contributed by atoms with E-state index in [-0.39, 0.29) is 12.5 Å². The highest BCUT2D eigenvalue weighted by Gasteiger charge is 2.23. The van der Waals surface area contributed by atoms with Gasteiger partial charge >= 0.3 is 0 Å². The number of likely N-dealkylation sites (N-methyl/N-ethyl adjacent to an activating group) is 1. The molecule has 0 fully saturated rings. The zero-order valence-corrected chi connectivity index (χ0v) is 41.2. The Kier molecular flexibility index (Phi) is 42.2. The van der Waals surface area contributed by atoms with E-state index in [1.807, 2.05) is 27.2 Å². The van der Waals surface area contributed by atoms with Crippen molar-refractivity contribution in [3.05, 3.63) is 60.8 Å². The first-order valence-electron chi connectivity index (χ1n) is 25.2. The molecule has 2 N–H and O–H groups in total. The minimum absolute atomic E-state index is 0.0139. The number of carbonyl (C=O) groups is 1. The van der Waals surface area contributed by atoms with Crippen molar-refractivity contribution in [1.29, 1.82) is 0 Å². The van der Waals surface area contributed by atoms with Crippen molar-refractivity contribution in [1.82, 2.24) is 5.32 Å². The molecule has 0 saturated carbocycles. The quantitative estimate of drug-likeness (QED) is 0.0273. The van der Waals surface area contributed by atoms with Crippen LogP contribution in [0.15, 0.2) is 60.8 Å². The summed E-state index contributed by atoms with van der Waals surface area (Å²) < 4.78 is 23.2. The highest BCUT2D eigenvalue weighted by Crippen LogP contribution is 2.38. The molecular weight excluding hydrogens is 780 g/mol. The fourth-order valence-corrected chi connectivity index (χ4v) is 7.64. The number of aliphatic hydroxyl groups is 1. The second kappa shape index (κ2) is 43.5. The summed E-state index contributed by atoms with van der Waals surface area (Å²) in [5.41, 5.74) is 0. The summed E-state index contributed by atoms with van der Waals surface area (Å²) in [5.74, 6) is -0.226. The lowest BCUT2D eigenvalue weighted by Gasteiger charge is -2.29. The number of rotatable bonds is 45. The SMILES string of the molecule is CCCCCC/C=C\C/C=C\CCCCCCCC(=O)NC(COP(=O)([O-])OCC[N+](C)(C)C)C(O)/C=C/CC/C=C/CC/C=C/CCCCCCCCCCCCCCC. The number of nitrogens with zero attached hydrogens (tertiary/aromatic N) is 1. The van der Waals surface area contributed by atoms with Crippen molar-refractivity contribution in [3.63, 3.8) is 0 Å². The molecule has 0 spiro atoms. The molecule has 0 aliphatic rings. The summed E-state index contributed by atoms with van der Waals surface area (Å²) in [6.07, 6.45) is 57.1. The third-order valence-corrected chi connectivity index (χ3v) is 11.9. The molecule has 0 aliphatic carbocycles. The van der Waals surface area contributed by atoms with Gasteiger partial charge in [0, 0.05) is 6.42 Å². The van der Waals surface area contributed by atoms with Crippen molar-refractivity contribution in [2.45, 2.75) is 225 Å². The van der Waals surface area contributed by atoms with E-state index in [9.17, 15) is 19.4 Å².